The average molecular weight is 274 g/mol. The Bertz CT molecular complexity index is 495. The largest absolute Gasteiger partial charge is 0.487 e. The minimum absolute atomic E-state index is 0.180. The molecule has 0 bridgehead atoms. The molecule has 1 fully saturated rings. The minimum atomic E-state index is 0.180. The fraction of sp³-hybridized carbons (Fsp3) is 0.562. The van der Waals surface area contributed by atoms with Crippen LogP contribution in [0, 0.1) is 0 Å². The van der Waals surface area contributed by atoms with Crippen LogP contribution in [-0.2, 0) is 0 Å². The maximum absolute atomic E-state index is 12.3. The Morgan fingerprint density at radius 3 is 3.00 bits per heavy atom. The van der Waals surface area contributed by atoms with Crippen molar-refractivity contribution in [2.24, 2.45) is 0 Å². The number of hydrogen-bond acceptors (Lipinski definition) is 4. The van der Waals surface area contributed by atoms with Gasteiger partial charge in [0, 0.05) is 18.5 Å². The zero-order chi connectivity index (χ0) is 13.9. The van der Waals surface area contributed by atoms with Crippen LogP contribution in [0.3, 0.4) is 0 Å². The molecule has 1 unspecified atom stereocenters. The molecule has 1 N–H and O–H groups in total. The van der Waals surface area contributed by atoms with Gasteiger partial charge in [-0.05, 0) is 51.1 Å². The molecule has 108 valence electrons. The Morgan fingerprint density at radius 1 is 1.40 bits per heavy atom. The quantitative estimate of drug-likeness (QED) is 0.857. The van der Waals surface area contributed by atoms with Crippen LogP contribution in [0.5, 0.6) is 5.75 Å². The predicted molar refractivity (Wildman–Crippen MR) is 79.6 cm³/mol. The number of Topliss-reactive ketones (excluding diaryl/α,β-unsaturated/α-hetero) is 1. The van der Waals surface area contributed by atoms with Crippen LogP contribution >= 0.6 is 0 Å². The Balaban J connectivity index is 1.63. The Hall–Kier alpha value is -1.55. The number of anilines is 1. The van der Waals surface area contributed by atoms with Crippen molar-refractivity contribution >= 4 is 11.5 Å². The van der Waals surface area contributed by atoms with E-state index < -0.39 is 0 Å². The summed E-state index contributed by atoms with van der Waals surface area (Å²) >= 11 is 0. The molecular weight excluding hydrogens is 252 g/mol. The smallest absolute Gasteiger partial charge is 0.164 e. The Morgan fingerprint density at radius 2 is 2.20 bits per heavy atom. The molecule has 2 aliphatic rings. The number of carbonyl (C=O) groups is 1. The first-order chi connectivity index (χ1) is 9.72. The number of nitrogens with one attached hydrogen (secondary N) is 1. The summed E-state index contributed by atoms with van der Waals surface area (Å²) in [5, 5.41) is 3.32. The van der Waals surface area contributed by atoms with Crippen LogP contribution in [0.15, 0.2) is 18.2 Å². The molecule has 0 spiro atoms. The Labute approximate surface area is 120 Å². The third-order valence-corrected chi connectivity index (χ3v) is 4.06. The van der Waals surface area contributed by atoms with Gasteiger partial charge < -0.3 is 15.0 Å². The van der Waals surface area contributed by atoms with Gasteiger partial charge in [-0.25, -0.2) is 0 Å². The molecule has 1 saturated heterocycles. The molecule has 2 heterocycles. The maximum Gasteiger partial charge on any atom is 0.164 e. The first-order valence-electron chi connectivity index (χ1n) is 7.52. The molecule has 0 aliphatic carbocycles. The first-order valence-corrected chi connectivity index (χ1v) is 7.52. The third-order valence-electron chi connectivity index (χ3n) is 4.06. The topological polar surface area (TPSA) is 41.6 Å². The van der Waals surface area contributed by atoms with Crippen molar-refractivity contribution in [1.29, 1.82) is 0 Å². The lowest BCUT2D eigenvalue weighted by Gasteiger charge is -2.25. The summed E-state index contributed by atoms with van der Waals surface area (Å²) in [6.45, 7) is 6.00. The van der Waals surface area contributed by atoms with E-state index in [1.165, 1.54) is 12.8 Å². The number of nitrogens with zero attached hydrogens (tertiary/aromatic N) is 1. The number of fused-ring (bicyclic) bond motifs is 1. The lowest BCUT2D eigenvalue weighted by atomic mass is 10.1. The van der Waals surface area contributed by atoms with Crippen LogP contribution in [-0.4, -0.2) is 43.0 Å². The highest BCUT2D eigenvalue weighted by Gasteiger charge is 2.18. The van der Waals surface area contributed by atoms with Crippen molar-refractivity contribution in [2.45, 2.75) is 32.3 Å². The second kappa shape index (κ2) is 5.83. The maximum atomic E-state index is 12.3. The molecule has 1 atom stereocenters. The highest BCUT2D eigenvalue weighted by atomic mass is 16.5. The van der Waals surface area contributed by atoms with Crippen LogP contribution in [0.2, 0.25) is 0 Å². The van der Waals surface area contributed by atoms with Crippen molar-refractivity contribution in [1.82, 2.24) is 4.90 Å². The predicted octanol–water partition coefficient (Wildman–Crippen LogP) is 2.55. The standard InChI is InChI=1S/C16H22N2O2/c1-12-11-17-14-10-13(4-5-16(14)20-12)15(19)6-9-18-7-2-3-8-18/h4-5,10,12,17H,2-3,6-9,11H2,1H3. The molecule has 20 heavy (non-hydrogen) atoms. The van der Waals surface area contributed by atoms with Gasteiger partial charge >= 0.3 is 0 Å². The van der Waals surface area contributed by atoms with Crippen molar-refractivity contribution in [3.05, 3.63) is 23.8 Å². The van der Waals surface area contributed by atoms with E-state index in [9.17, 15) is 4.79 Å². The van der Waals surface area contributed by atoms with Crippen molar-refractivity contribution < 1.29 is 9.53 Å². The molecule has 2 aliphatic heterocycles. The van der Waals surface area contributed by atoms with Crippen LogP contribution in [0.4, 0.5) is 5.69 Å². The normalized spacial score (nSPS) is 21.9. The van der Waals surface area contributed by atoms with Crippen LogP contribution < -0.4 is 10.1 Å². The van der Waals surface area contributed by atoms with Gasteiger partial charge in [-0.15, -0.1) is 0 Å². The number of carbonyl (C=O) groups excluding carboxylic acids is 1. The SMILES string of the molecule is CC1CNc2cc(C(=O)CCN3CCCC3)ccc2O1. The lowest BCUT2D eigenvalue weighted by molar-refractivity contribution is 0.0969. The van der Waals surface area contributed by atoms with E-state index in [1.807, 2.05) is 25.1 Å². The fourth-order valence-corrected chi connectivity index (χ4v) is 2.87. The van der Waals surface area contributed by atoms with Gasteiger partial charge in [-0.1, -0.05) is 0 Å². The minimum Gasteiger partial charge on any atom is -0.487 e. The number of benzene rings is 1. The second-order valence-corrected chi connectivity index (χ2v) is 5.74. The molecule has 0 aromatic heterocycles. The van der Waals surface area contributed by atoms with Crippen molar-refractivity contribution in [3.8, 4) is 5.75 Å². The van der Waals surface area contributed by atoms with Crippen molar-refractivity contribution in [3.63, 3.8) is 0 Å². The molecule has 1 aromatic rings. The summed E-state index contributed by atoms with van der Waals surface area (Å²) in [7, 11) is 0. The van der Waals surface area contributed by atoms with Gasteiger partial charge in [-0.3, -0.25) is 4.79 Å². The van der Waals surface area contributed by atoms with Gasteiger partial charge in [-0.2, -0.15) is 0 Å². The van der Waals surface area contributed by atoms with Crippen LogP contribution in [0.25, 0.3) is 0 Å². The summed E-state index contributed by atoms with van der Waals surface area (Å²) in [5.41, 5.74) is 1.73. The average Bonchev–Trinajstić information content (AvgIpc) is 2.97. The number of rotatable bonds is 4. The van der Waals surface area contributed by atoms with Gasteiger partial charge in [0.25, 0.3) is 0 Å². The third kappa shape index (κ3) is 2.96. The zero-order valence-corrected chi connectivity index (χ0v) is 12.0. The second-order valence-electron chi connectivity index (χ2n) is 5.74. The molecular formula is C16H22N2O2. The van der Waals surface area contributed by atoms with E-state index in [2.05, 4.69) is 10.2 Å². The molecule has 3 rings (SSSR count). The number of ketones is 1. The van der Waals surface area contributed by atoms with Gasteiger partial charge in [0.15, 0.2) is 5.78 Å². The summed E-state index contributed by atoms with van der Waals surface area (Å²) < 4.78 is 5.73. The fourth-order valence-electron chi connectivity index (χ4n) is 2.87. The number of likely N-dealkylation sites (tertiary alicyclic amines) is 1. The van der Waals surface area contributed by atoms with Gasteiger partial charge in [0.1, 0.15) is 11.9 Å². The monoisotopic (exact) mass is 274 g/mol. The number of hydrogen-bond donors (Lipinski definition) is 1. The van der Waals surface area contributed by atoms with Crippen LogP contribution in [0.1, 0.15) is 36.5 Å². The van der Waals surface area contributed by atoms with E-state index in [0.29, 0.717) is 6.42 Å². The molecule has 0 amide bonds. The number of ether oxygens (including phenoxy) is 1. The molecule has 0 radical (unpaired) electrons. The summed E-state index contributed by atoms with van der Waals surface area (Å²) in [5.74, 6) is 1.07. The molecule has 4 heteroatoms. The zero-order valence-electron chi connectivity index (χ0n) is 12.0. The highest BCUT2D eigenvalue weighted by Crippen LogP contribution is 2.30. The van der Waals surface area contributed by atoms with E-state index in [1.54, 1.807) is 0 Å². The van der Waals surface area contributed by atoms with E-state index in [4.69, 9.17) is 4.74 Å². The Kier molecular flexibility index (Phi) is 3.92. The molecule has 4 nitrogen and oxygen atoms in total. The summed E-state index contributed by atoms with van der Waals surface area (Å²) in [4.78, 5) is 14.6. The molecule has 0 saturated carbocycles. The summed E-state index contributed by atoms with van der Waals surface area (Å²) in [6, 6.07) is 5.71. The van der Waals surface area contributed by atoms with E-state index in [0.717, 1.165) is 43.2 Å². The van der Waals surface area contributed by atoms with Gasteiger partial charge in [0.2, 0.25) is 0 Å². The van der Waals surface area contributed by atoms with Crippen molar-refractivity contribution in [2.75, 3.05) is 31.5 Å². The lowest BCUT2D eigenvalue weighted by Crippen LogP contribution is -2.28. The van der Waals surface area contributed by atoms with E-state index >= 15 is 0 Å². The van der Waals surface area contributed by atoms with Gasteiger partial charge in [0.05, 0.1) is 12.2 Å². The van der Waals surface area contributed by atoms with E-state index in [-0.39, 0.29) is 11.9 Å². The first kappa shape index (κ1) is 13.4. The highest BCUT2D eigenvalue weighted by molar-refractivity contribution is 5.97. The molecule has 1 aromatic carbocycles. The summed E-state index contributed by atoms with van der Waals surface area (Å²) in [6.07, 6.45) is 3.33.